The molecule has 6 heteroatoms. The third-order valence-corrected chi connectivity index (χ3v) is 10.4. The maximum absolute atomic E-state index is 14.1. The Morgan fingerprint density at radius 3 is 1.59 bits per heavy atom. The predicted molar refractivity (Wildman–Crippen MR) is 187 cm³/mol. The number of ether oxygens (including phenoxy) is 1. The highest BCUT2D eigenvalue weighted by Crippen LogP contribution is 2.61. The summed E-state index contributed by atoms with van der Waals surface area (Å²) in [5.74, 6) is -2.65. The lowest BCUT2D eigenvalue weighted by molar-refractivity contribution is -0.122. The summed E-state index contributed by atoms with van der Waals surface area (Å²) in [6.45, 7) is 2.02. The zero-order chi connectivity index (χ0) is 33.6. The van der Waals surface area contributed by atoms with Crippen molar-refractivity contribution in [3.05, 3.63) is 161 Å². The van der Waals surface area contributed by atoms with Gasteiger partial charge in [0.25, 0.3) is 0 Å². The number of carbonyl (C=O) groups is 4. The minimum atomic E-state index is -0.932. The topological polar surface area (TPSA) is 80.8 Å². The van der Waals surface area contributed by atoms with Gasteiger partial charge in [0, 0.05) is 17.4 Å². The lowest BCUT2D eigenvalue weighted by atomic mass is 9.55. The second kappa shape index (κ2) is 12.4. The number of hydrogen-bond donors (Lipinski definition) is 0. The minimum Gasteiger partial charge on any atom is -0.450 e. The zero-order valence-electron chi connectivity index (χ0n) is 27.1. The number of nitrogens with zero attached hydrogens (tertiary/aromatic N) is 1. The van der Waals surface area contributed by atoms with Gasteiger partial charge in [-0.3, -0.25) is 14.4 Å². The Kier molecular flexibility index (Phi) is 7.79. The fourth-order valence-electron chi connectivity index (χ4n) is 8.15. The molecule has 2 amide bonds. The number of benzene rings is 5. The zero-order valence-corrected chi connectivity index (χ0v) is 27.1. The van der Waals surface area contributed by atoms with Gasteiger partial charge in [-0.2, -0.15) is 0 Å². The molecule has 3 atom stereocenters. The van der Waals surface area contributed by atoms with Gasteiger partial charge in [0.05, 0.1) is 23.1 Å². The van der Waals surface area contributed by atoms with Crippen molar-refractivity contribution < 1.29 is 23.9 Å². The van der Waals surface area contributed by atoms with E-state index in [1.165, 1.54) is 4.90 Å². The summed E-state index contributed by atoms with van der Waals surface area (Å²) >= 11 is 0. The van der Waals surface area contributed by atoms with E-state index in [0.717, 1.165) is 46.2 Å². The second-order valence-electron chi connectivity index (χ2n) is 13.2. The summed E-state index contributed by atoms with van der Waals surface area (Å²) < 4.78 is 5.83. The van der Waals surface area contributed by atoms with Crippen molar-refractivity contribution in [2.24, 2.45) is 11.8 Å². The molecule has 2 bridgehead atoms. The fraction of sp³-hybridized carbons (Fsp3) is 0.209. The van der Waals surface area contributed by atoms with E-state index in [2.05, 4.69) is 24.3 Å². The van der Waals surface area contributed by atoms with Gasteiger partial charge in [-0.1, -0.05) is 116 Å². The molecule has 0 spiro atoms. The molecule has 49 heavy (non-hydrogen) atoms. The third-order valence-electron chi connectivity index (χ3n) is 10.4. The molecule has 9 rings (SSSR count). The second-order valence-corrected chi connectivity index (χ2v) is 13.2. The SMILES string of the molecule is CCCC[C@H](OC(=O)c1ccc(N2C(=O)[C@@H]3C4c5ccccc5C(c5ccccc54)[C@@H]3C2=O)cc1)C(=O)c1ccc(-c2ccccc2)cc1. The summed E-state index contributed by atoms with van der Waals surface area (Å²) in [4.78, 5) is 56.5. The van der Waals surface area contributed by atoms with E-state index in [9.17, 15) is 19.2 Å². The van der Waals surface area contributed by atoms with Crippen LogP contribution in [0.15, 0.2) is 127 Å². The smallest absolute Gasteiger partial charge is 0.338 e. The van der Waals surface area contributed by atoms with Crippen molar-refractivity contribution in [3.8, 4) is 11.1 Å². The average molecular weight is 646 g/mol. The van der Waals surface area contributed by atoms with Gasteiger partial charge in [0.15, 0.2) is 6.10 Å². The number of Topliss-reactive ketones (excluding diaryl/α,β-unsaturated/α-hetero) is 1. The van der Waals surface area contributed by atoms with Crippen LogP contribution in [0, 0.1) is 11.8 Å². The van der Waals surface area contributed by atoms with Gasteiger partial charge in [-0.15, -0.1) is 0 Å². The molecule has 0 unspecified atom stereocenters. The fourth-order valence-corrected chi connectivity index (χ4v) is 8.15. The molecule has 6 nitrogen and oxygen atoms in total. The Bertz CT molecular complexity index is 1970. The van der Waals surface area contributed by atoms with Crippen LogP contribution in [0.5, 0.6) is 0 Å². The molecule has 1 heterocycles. The van der Waals surface area contributed by atoms with Crippen LogP contribution in [-0.4, -0.2) is 29.7 Å². The largest absolute Gasteiger partial charge is 0.450 e. The number of unbranched alkanes of at least 4 members (excludes halogenated alkanes) is 1. The highest BCUT2D eigenvalue weighted by molar-refractivity contribution is 6.23. The molecule has 1 aliphatic heterocycles. The van der Waals surface area contributed by atoms with E-state index < -0.39 is 23.9 Å². The van der Waals surface area contributed by atoms with Crippen LogP contribution in [0.1, 0.15) is 81.0 Å². The van der Waals surface area contributed by atoms with Gasteiger partial charge in [-0.25, -0.2) is 9.69 Å². The molecular formula is C43H35NO5. The van der Waals surface area contributed by atoms with E-state index in [0.29, 0.717) is 17.7 Å². The average Bonchev–Trinajstić information content (AvgIpc) is 3.42. The molecule has 0 radical (unpaired) electrons. The van der Waals surface area contributed by atoms with Gasteiger partial charge in [0.2, 0.25) is 17.6 Å². The molecule has 5 aromatic rings. The van der Waals surface area contributed by atoms with E-state index in [1.807, 2.05) is 73.7 Å². The molecule has 0 aromatic heterocycles. The van der Waals surface area contributed by atoms with Crippen LogP contribution in [0.2, 0.25) is 0 Å². The molecule has 1 saturated heterocycles. The molecule has 242 valence electrons. The van der Waals surface area contributed by atoms with Gasteiger partial charge < -0.3 is 4.74 Å². The monoisotopic (exact) mass is 645 g/mol. The molecule has 3 aliphatic carbocycles. The van der Waals surface area contributed by atoms with Crippen LogP contribution in [0.4, 0.5) is 5.69 Å². The Labute approximate surface area is 285 Å². The molecule has 4 aliphatic rings. The summed E-state index contributed by atoms with van der Waals surface area (Å²) in [6.07, 6.45) is 1.05. The van der Waals surface area contributed by atoms with E-state index >= 15 is 0 Å². The van der Waals surface area contributed by atoms with Crippen LogP contribution in [-0.2, 0) is 14.3 Å². The van der Waals surface area contributed by atoms with Crippen molar-refractivity contribution in [2.75, 3.05) is 4.90 Å². The Morgan fingerprint density at radius 1 is 0.612 bits per heavy atom. The normalized spacial score (nSPS) is 20.7. The standard InChI is InChI=1S/C43H35NO5/c1-2-3-17-35(40(45)28-20-18-27(19-21-28)26-11-5-4-6-12-26)49-43(48)29-22-24-30(25-23-29)44-41(46)38-36-31-13-7-8-14-32(31)37(39(38)42(44)47)34-16-10-9-15-33(34)36/h4-16,18-25,35-39H,2-3,17H2,1H3/t35-,36?,37?,38-,39+/m0/s1. The molecule has 0 N–H and O–H groups in total. The number of hydrogen-bond acceptors (Lipinski definition) is 5. The van der Waals surface area contributed by atoms with E-state index in [1.54, 1.807) is 36.4 Å². The third kappa shape index (κ3) is 5.10. The number of imide groups is 1. The van der Waals surface area contributed by atoms with Crippen molar-refractivity contribution in [1.82, 2.24) is 0 Å². The van der Waals surface area contributed by atoms with Gasteiger partial charge >= 0.3 is 5.97 Å². The molecule has 5 aromatic carbocycles. The summed E-state index contributed by atoms with van der Waals surface area (Å²) in [5.41, 5.74) is 7.67. The number of anilines is 1. The Balaban J connectivity index is 1.01. The minimum absolute atomic E-state index is 0.190. The number of carbonyl (C=O) groups excluding carboxylic acids is 4. The maximum Gasteiger partial charge on any atom is 0.338 e. The van der Waals surface area contributed by atoms with Crippen LogP contribution < -0.4 is 4.90 Å². The van der Waals surface area contributed by atoms with Crippen LogP contribution in [0.3, 0.4) is 0 Å². The number of amides is 2. The molecule has 0 saturated carbocycles. The number of rotatable bonds is 9. The van der Waals surface area contributed by atoms with E-state index in [4.69, 9.17) is 4.74 Å². The first-order chi connectivity index (χ1) is 24.0. The van der Waals surface area contributed by atoms with Crippen molar-refractivity contribution in [1.29, 1.82) is 0 Å². The summed E-state index contributed by atoms with van der Waals surface area (Å²) in [7, 11) is 0. The van der Waals surface area contributed by atoms with Crippen molar-refractivity contribution >= 4 is 29.3 Å². The first-order valence-electron chi connectivity index (χ1n) is 17.0. The number of ketones is 1. The van der Waals surface area contributed by atoms with Gasteiger partial charge in [-0.05, 0) is 70.5 Å². The molecular weight excluding hydrogens is 610 g/mol. The Morgan fingerprint density at radius 2 is 1.08 bits per heavy atom. The maximum atomic E-state index is 14.1. The lowest BCUT2D eigenvalue weighted by Crippen LogP contribution is -2.41. The van der Waals surface area contributed by atoms with E-state index in [-0.39, 0.29) is 35.0 Å². The summed E-state index contributed by atoms with van der Waals surface area (Å²) in [6, 6.07) is 40.0. The Hall–Kier alpha value is -5.62. The van der Waals surface area contributed by atoms with Crippen molar-refractivity contribution in [2.45, 2.75) is 44.1 Å². The van der Waals surface area contributed by atoms with Crippen LogP contribution >= 0.6 is 0 Å². The number of esters is 1. The lowest BCUT2D eigenvalue weighted by Gasteiger charge is -2.45. The highest BCUT2D eigenvalue weighted by Gasteiger charge is 2.61. The molecule has 1 fully saturated rings. The van der Waals surface area contributed by atoms with Crippen LogP contribution in [0.25, 0.3) is 11.1 Å². The quantitative estimate of drug-likeness (QED) is 0.0915. The first-order valence-corrected chi connectivity index (χ1v) is 17.0. The highest BCUT2D eigenvalue weighted by atomic mass is 16.5. The van der Waals surface area contributed by atoms with Gasteiger partial charge in [0.1, 0.15) is 0 Å². The van der Waals surface area contributed by atoms with Crippen molar-refractivity contribution in [3.63, 3.8) is 0 Å². The summed E-state index contributed by atoms with van der Waals surface area (Å²) in [5, 5.41) is 0. The first kappa shape index (κ1) is 30.7. The predicted octanol–water partition coefficient (Wildman–Crippen LogP) is 8.35.